The molecule has 1 unspecified atom stereocenters. The molecule has 0 spiro atoms. The lowest BCUT2D eigenvalue weighted by Gasteiger charge is -2.21. The van der Waals surface area contributed by atoms with Crippen LogP contribution in [0.2, 0.25) is 0 Å². The number of fused-ring (bicyclic) bond motifs is 1. The Hall–Kier alpha value is -1.55. The summed E-state index contributed by atoms with van der Waals surface area (Å²) in [6.45, 7) is 3.05. The van der Waals surface area contributed by atoms with Crippen LogP contribution in [-0.2, 0) is 20.2 Å². The molecular weight excluding hydrogens is 459 g/mol. The number of nitrogens with one attached hydrogen (secondary N) is 3. The van der Waals surface area contributed by atoms with Gasteiger partial charge in [0.2, 0.25) is 0 Å². The molecule has 5 N–H and O–H groups in total. The van der Waals surface area contributed by atoms with Crippen molar-refractivity contribution in [2.45, 2.75) is 77.3 Å². The Morgan fingerprint density at radius 1 is 1.06 bits per heavy atom. The summed E-state index contributed by atoms with van der Waals surface area (Å²) in [6.07, 6.45) is 12.2. The van der Waals surface area contributed by atoms with Gasteiger partial charge in [-0.3, -0.25) is 9.36 Å². The number of aliphatic hydroxyl groups excluding tert-OH is 2. The van der Waals surface area contributed by atoms with Gasteiger partial charge in [-0.15, -0.1) is 0 Å². The van der Waals surface area contributed by atoms with Crippen LogP contribution in [0.25, 0.3) is 11.0 Å². The Bertz CT molecular complexity index is 918. The van der Waals surface area contributed by atoms with Crippen molar-refractivity contribution in [2.24, 2.45) is 0 Å². The van der Waals surface area contributed by atoms with Crippen molar-refractivity contribution in [3.05, 3.63) is 28.4 Å². The molecule has 0 fully saturated rings. The number of rotatable bonds is 20. The minimum absolute atomic E-state index is 0.124. The van der Waals surface area contributed by atoms with E-state index in [1.54, 1.807) is 13.1 Å². The van der Waals surface area contributed by atoms with Crippen molar-refractivity contribution in [1.29, 1.82) is 0 Å². The second-order valence-electron chi connectivity index (χ2n) is 8.46. The number of H-pyrrole nitrogens is 2. The van der Waals surface area contributed by atoms with E-state index in [-0.39, 0.29) is 31.0 Å². The lowest BCUT2D eigenvalue weighted by molar-refractivity contribution is 0.201. The summed E-state index contributed by atoms with van der Waals surface area (Å²) in [6, 6.07) is -0.296. The van der Waals surface area contributed by atoms with Gasteiger partial charge in [-0.25, -0.2) is 4.98 Å². The van der Waals surface area contributed by atoms with E-state index in [2.05, 4.69) is 20.3 Å². The third-order valence-corrected chi connectivity index (χ3v) is 7.80. The van der Waals surface area contributed by atoms with E-state index in [1.807, 2.05) is 0 Å². The zero-order chi connectivity index (χ0) is 24.7. The standard InChI is InChI=1S/C23H41N4O6P/c1-2-32-34(31,33-13-10-8-6-4-3-5-7-9-12-28)14-11-20(17-29)24-15-19-16-25-22-21(19)26-18-27-23(22)30/h16,18,20,24-25,28-29H,2-15,17H2,1H3,(H,26,27,30)/t20-,34?/m0/s1. The smallest absolute Gasteiger partial charge is 0.330 e. The molecule has 2 atom stereocenters. The minimum Gasteiger partial charge on any atom is -0.396 e. The lowest BCUT2D eigenvalue weighted by atomic mass is 10.1. The molecule has 34 heavy (non-hydrogen) atoms. The summed E-state index contributed by atoms with van der Waals surface area (Å²) >= 11 is 0. The Labute approximate surface area is 201 Å². The lowest BCUT2D eigenvalue weighted by Crippen LogP contribution is -2.33. The van der Waals surface area contributed by atoms with E-state index in [9.17, 15) is 14.5 Å². The fourth-order valence-electron chi connectivity index (χ4n) is 3.81. The maximum Gasteiger partial charge on any atom is 0.330 e. The molecule has 2 aromatic heterocycles. The van der Waals surface area contributed by atoms with Gasteiger partial charge >= 0.3 is 7.60 Å². The van der Waals surface area contributed by atoms with Crippen LogP contribution in [0.1, 0.15) is 70.3 Å². The summed E-state index contributed by atoms with van der Waals surface area (Å²) < 4.78 is 24.3. The number of aromatic amines is 2. The first kappa shape index (κ1) is 28.7. The number of hydrogen-bond acceptors (Lipinski definition) is 8. The van der Waals surface area contributed by atoms with E-state index in [0.717, 1.165) is 44.1 Å². The Morgan fingerprint density at radius 3 is 2.44 bits per heavy atom. The summed E-state index contributed by atoms with van der Waals surface area (Å²) in [7, 11) is -3.23. The van der Waals surface area contributed by atoms with E-state index < -0.39 is 7.60 Å². The van der Waals surface area contributed by atoms with Crippen LogP contribution in [0.3, 0.4) is 0 Å². The molecule has 11 heteroatoms. The van der Waals surface area contributed by atoms with Crippen molar-refractivity contribution in [1.82, 2.24) is 20.3 Å². The number of nitrogens with zero attached hydrogens (tertiary/aromatic N) is 1. The first-order valence-electron chi connectivity index (χ1n) is 12.4. The zero-order valence-corrected chi connectivity index (χ0v) is 21.2. The van der Waals surface area contributed by atoms with Crippen LogP contribution in [0.5, 0.6) is 0 Å². The average molecular weight is 501 g/mol. The largest absolute Gasteiger partial charge is 0.396 e. The first-order chi connectivity index (χ1) is 16.5. The molecule has 0 aromatic carbocycles. The summed E-state index contributed by atoms with van der Waals surface area (Å²) in [4.78, 5) is 21.5. The molecule has 2 heterocycles. The highest BCUT2D eigenvalue weighted by molar-refractivity contribution is 7.53. The number of unbranched alkanes of at least 4 members (excludes halogenated alkanes) is 7. The van der Waals surface area contributed by atoms with Gasteiger partial charge in [-0.1, -0.05) is 38.5 Å². The van der Waals surface area contributed by atoms with Crippen molar-refractivity contribution in [3.8, 4) is 0 Å². The highest BCUT2D eigenvalue weighted by Gasteiger charge is 2.25. The van der Waals surface area contributed by atoms with Gasteiger partial charge < -0.3 is 34.5 Å². The highest BCUT2D eigenvalue weighted by Crippen LogP contribution is 2.49. The van der Waals surface area contributed by atoms with E-state index in [0.29, 0.717) is 37.2 Å². The van der Waals surface area contributed by atoms with E-state index in [1.165, 1.54) is 19.2 Å². The second kappa shape index (κ2) is 16.2. The molecule has 0 radical (unpaired) electrons. The SMILES string of the molecule is CCOP(=O)(CC[C@@H](CO)NCc1c[nH]c2c(=O)[nH]cnc12)OCCCCCCCCCCO. The molecule has 10 nitrogen and oxygen atoms in total. The fraction of sp³-hybridized carbons (Fsp3) is 0.739. The van der Waals surface area contributed by atoms with Crippen molar-refractivity contribution < 1.29 is 23.8 Å². The van der Waals surface area contributed by atoms with Gasteiger partial charge in [0.15, 0.2) is 0 Å². The van der Waals surface area contributed by atoms with Gasteiger partial charge in [-0.05, 0) is 26.2 Å². The number of aromatic nitrogens is 3. The molecule has 0 aliphatic carbocycles. The quantitative estimate of drug-likeness (QED) is 0.137. The molecule has 0 saturated carbocycles. The summed E-state index contributed by atoms with van der Waals surface area (Å²) in [5, 5.41) is 21.8. The number of hydrogen-bond donors (Lipinski definition) is 5. The topological polar surface area (TPSA) is 150 Å². The Kier molecular flexibility index (Phi) is 13.7. The molecule has 2 aromatic rings. The van der Waals surface area contributed by atoms with Gasteiger partial charge in [-0.2, -0.15) is 0 Å². The van der Waals surface area contributed by atoms with Crippen molar-refractivity contribution in [2.75, 3.05) is 32.6 Å². The van der Waals surface area contributed by atoms with Gasteiger partial charge in [0.05, 0.1) is 37.8 Å². The molecule has 0 aliphatic heterocycles. The molecule has 0 saturated heterocycles. The second-order valence-corrected chi connectivity index (χ2v) is 10.6. The Balaban J connectivity index is 1.71. The maximum absolute atomic E-state index is 13.1. The third kappa shape index (κ3) is 9.98. The summed E-state index contributed by atoms with van der Waals surface area (Å²) in [5.74, 6) is 0. The zero-order valence-electron chi connectivity index (χ0n) is 20.3. The highest BCUT2D eigenvalue weighted by atomic mass is 31.2. The van der Waals surface area contributed by atoms with Gasteiger partial charge in [0.25, 0.3) is 5.56 Å². The van der Waals surface area contributed by atoms with Crippen LogP contribution in [0, 0.1) is 0 Å². The minimum atomic E-state index is -3.23. The van der Waals surface area contributed by atoms with Crippen LogP contribution >= 0.6 is 7.60 Å². The van der Waals surface area contributed by atoms with Crippen molar-refractivity contribution in [3.63, 3.8) is 0 Å². The maximum atomic E-state index is 13.1. The third-order valence-electron chi connectivity index (χ3n) is 5.77. The first-order valence-corrected chi connectivity index (χ1v) is 14.1. The van der Waals surface area contributed by atoms with E-state index in [4.69, 9.17) is 14.2 Å². The number of aliphatic hydroxyl groups is 2. The van der Waals surface area contributed by atoms with Crippen LogP contribution in [-0.4, -0.2) is 63.8 Å². The normalized spacial score (nSPS) is 14.4. The molecule has 194 valence electrons. The fourth-order valence-corrected chi connectivity index (χ4v) is 5.57. The van der Waals surface area contributed by atoms with Crippen LogP contribution < -0.4 is 10.9 Å². The van der Waals surface area contributed by atoms with Gasteiger partial charge in [0.1, 0.15) is 5.52 Å². The molecule has 0 bridgehead atoms. The molecule has 0 amide bonds. The van der Waals surface area contributed by atoms with Crippen LogP contribution in [0.4, 0.5) is 0 Å². The Morgan fingerprint density at radius 2 is 1.76 bits per heavy atom. The van der Waals surface area contributed by atoms with Crippen molar-refractivity contribution >= 4 is 18.6 Å². The molecule has 2 rings (SSSR count). The average Bonchev–Trinajstić information content (AvgIpc) is 3.25. The molecular formula is C23H41N4O6P. The molecule has 0 aliphatic rings. The van der Waals surface area contributed by atoms with Gasteiger partial charge in [0, 0.05) is 31.0 Å². The van der Waals surface area contributed by atoms with E-state index >= 15 is 0 Å². The predicted molar refractivity (Wildman–Crippen MR) is 133 cm³/mol. The predicted octanol–water partition coefficient (Wildman–Crippen LogP) is 3.45. The monoisotopic (exact) mass is 500 g/mol. The summed E-state index contributed by atoms with van der Waals surface area (Å²) in [5.41, 5.74) is 1.58. The van der Waals surface area contributed by atoms with Crippen LogP contribution in [0.15, 0.2) is 17.3 Å².